The average Bonchev–Trinajstić information content (AvgIpc) is 2.73. The molecule has 1 aromatic rings. The topological polar surface area (TPSA) is 75.4 Å². The zero-order chi connectivity index (χ0) is 13.9. The van der Waals surface area contributed by atoms with Crippen molar-refractivity contribution < 1.29 is 12.9 Å². The molecule has 0 bridgehead atoms. The van der Waals surface area contributed by atoms with E-state index in [0.717, 1.165) is 37.3 Å². The first-order valence-corrected chi connectivity index (χ1v) is 8.44. The fourth-order valence-electron chi connectivity index (χ4n) is 2.45. The third kappa shape index (κ3) is 4.59. The van der Waals surface area contributed by atoms with Crippen LogP contribution in [0.5, 0.6) is 0 Å². The van der Waals surface area contributed by atoms with Gasteiger partial charge in [-0.1, -0.05) is 11.6 Å². The molecule has 2 rings (SSSR count). The van der Waals surface area contributed by atoms with Crippen LogP contribution in [0.2, 0.25) is 0 Å². The highest BCUT2D eigenvalue weighted by Gasteiger charge is 2.24. The van der Waals surface area contributed by atoms with E-state index in [2.05, 4.69) is 14.8 Å². The van der Waals surface area contributed by atoms with Crippen molar-refractivity contribution >= 4 is 10.0 Å². The summed E-state index contributed by atoms with van der Waals surface area (Å²) in [5.41, 5.74) is 0.906. The normalized spacial score (nSPS) is 21.7. The van der Waals surface area contributed by atoms with Gasteiger partial charge < -0.3 is 4.52 Å². The quantitative estimate of drug-likeness (QED) is 0.870. The number of nitrogens with one attached hydrogen (secondary N) is 1. The third-order valence-electron chi connectivity index (χ3n) is 3.37. The maximum Gasteiger partial charge on any atom is 0.208 e. The minimum atomic E-state index is -3.13. The molecule has 2 heterocycles. The molecule has 0 saturated carbocycles. The summed E-state index contributed by atoms with van der Waals surface area (Å²) in [6, 6.07) is 2.16. The summed E-state index contributed by atoms with van der Waals surface area (Å²) >= 11 is 0. The Morgan fingerprint density at radius 2 is 2.32 bits per heavy atom. The minimum Gasteiger partial charge on any atom is -0.361 e. The Morgan fingerprint density at radius 1 is 1.53 bits per heavy atom. The second kappa shape index (κ2) is 6.02. The number of aryl methyl sites for hydroxylation is 1. The molecule has 0 aromatic carbocycles. The van der Waals surface area contributed by atoms with Gasteiger partial charge in [-0.15, -0.1) is 0 Å². The molecule has 6 nitrogen and oxygen atoms in total. The lowest BCUT2D eigenvalue weighted by Crippen LogP contribution is -2.46. The van der Waals surface area contributed by atoms with E-state index in [1.807, 2.05) is 13.0 Å². The summed E-state index contributed by atoms with van der Waals surface area (Å²) in [6.45, 7) is 4.03. The number of hydrogen-bond acceptors (Lipinski definition) is 5. The fraction of sp³-hybridized carbons (Fsp3) is 0.750. The molecule has 1 aromatic heterocycles. The largest absolute Gasteiger partial charge is 0.361 e. The van der Waals surface area contributed by atoms with Gasteiger partial charge >= 0.3 is 0 Å². The van der Waals surface area contributed by atoms with E-state index < -0.39 is 10.0 Å². The number of aromatic nitrogens is 1. The molecule has 0 amide bonds. The van der Waals surface area contributed by atoms with E-state index in [9.17, 15) is 8.42 Å². The van der Waals surface area contributed by atoms with Crippen molar-refractivity contribution in [2.45, 2.75) is 38.8 Å². The maximum absolute atomic E-state index is 11.2. The predicted molar refractivity (Wildman–Crippen MR) is 72.1 cm³/mol. The maximum atomic E-state index is 11.2. The molecular formula is C12H21N3O3S. The Morgan fingerprint density at radius 3 is 2.95 bits per heavy atom. The van der Waals surface area contributed by atoms with Crippen molar-refractivity contribution in [3.8, 4) is 0 Å². The number of likely N-dealkylation sites (tertiary alicyclic amines) is 1. The molecule has 1 saturated heterocycles. The van der Waals surface area contributed by atoms with Crippen molar-refractivity contribution in [3.05, 3.63) is 17.5 Å². The minimum absolute atomic E-state index is 0.237. The van der Waals surface area contributed by atoms with E-state index in [1.165, 1.54) is 6.26 Å². The summed E-state index contributed by atoms with van der Waals surface area (Å²) in [4.78, 5) is 2.28. The number of nitrogens with zero attached hydrogens (tertiary/aromatic N) is 2. The van der Waals surface area contributed by atoms with Crippen molar-refractivity contribution in [2.24, 2.45) is 0 Å². The molecule has 1 N–H and O–H groups in total. The van der Waals surface area contributed by atoms with Gasteiger partial charge in [-0.25, -0.2) is 13.1 Å². The molecule has 1 aliphatic heterocycles. The van der Waals surface area contributed by atoms with Crippen LogP contribution in [-0.4, -0.2) is 43.9 Å². The second-order valence-corrected chi connectivity index (χ2v) is 7.00. The van der Waals surface area contributed by atoms with Gasteiger partial charge in [0.25, 0.3) is 0 Å². The van der Waals surface area contributed by atoms with Gasteiger partial charge in [-0.2, -0.15) is 0 Å². The Kier molecular flexibility index (Phi) is 4.59. The zero-order valence-electron chi connectivity index (χ0n) is 11.4. The van der Waals surface area contributed by atoms with Gasteiger partial charge in [0, 0.05) is 25.2 Å². The van der Waals surface area contributed by atoms with E-state index in [-0.39, 0.29) is 6.04 Å². The van der Waals surface area contributed by atoms with Crippen molar-refractivity contribution in [3.63, 3.8) is 0 Å². The number of piperidine rings is 1. The van der Waals surface area contributed by atoms with Crippen LogP contribution < -0.4 is 4.72 Å². The highest BCUT2D eigenvalue weighted by atomic mass is 32.2. The fourth-order valence-corrected chi connectivity index (χ4v) is 2.94. The zero-order valence-corrected chi connectivity index (χ0v) is 12.2. The van der Waals surface area contributed by atoms with Crippen LogP contribution in [0.1, 0.15) is 30.7 Å². The molecule has 1 fully saturated rings. The molecule has 108 valence electrons. The van der Waals surface area contributed by atoms with Crippen LogP contribution in [0.15, 0.2) is 10.6 Å². The van der Waals surface area contributed by atoms with Crippen LogP contribution in [0.4, 0.5) is 0 Å². The summed E-state index contributed by atoms with van der Waals surface area (Å²) < 4.78 is 30.0. The molecule has 0 radical (unpaired) electrons. The van der Waals surface area contributed by atoms with E-state index in [4.69, 9.17) is 4.52 Å². The monoisotopic (exact) mass is 287 g/mol. The predicted octanol–water partition coefficient (Wildman–Crippen LogP) is 0.887. The summed E-state index contributed by atoms with van der Waals surface area (Å²) in [5.74, 6) is 0.804. The molecule has 0 spiro atoms. The van der Waals surface area contributed by atoms with Crippen LogP contribution in [-0.2, 0) is 16.6 Å². The summed E-state index contributed by atoms with van der Waals surface area (Å²) in [5, 5.41) is 4.00. The Hall–Kier alpha value is -0.920. The summed E-state index contributed by atoms with van der Waals surface area (Å²) in [7, 11) is -3.13. The van der Waals surface area contributed by atoms with Crippen LogP contribution in [0.25, 0.3) is 0 Å². The average molecular weight is 287 g/mol. The standard InChI is InChI=1S/C12H21N3O3S/c1-10-7-11(14-18-10)9-15-6-4-3-5-12(15)8-13-19(2,16)17/h7,12-13H,3-6,8-9H2,1-2H3/t12-/m0/s1. The Bertz CT molecular complexity index is 512. The third-order valence-corrected chi connectivity index (χ3v) is 4.06. The molecule has 0 unspecified atom stereocenters. The SMILES string of the molecule is Cc1cc(CN2CCCC[C@H]2CNS(C)(=O)=O)no1. The molecule has 0 aliphatic carbocycles. The number of sulfonamides is 1. The first-order valence-electron chi connectivity index (χ1n) is 6.55. The molecular weight excluding hydrogens is 266 g/mol. The Labute approximate surface area is 114 Å². The molecule has 19 heavy (non-hydrogen) atoms. The van der Waals surface area contributed by atoms with Crippen molar-refractivity contribution in [2.75, 3.05) is 19.3 Å². The first-order chi connectivity index (χ1) is 8.94. The van der Waals surface area contributed by atoms with Gasteiger partial charge in [0.05, 0.1) is 11.9 Å². The van der Waals surface area contributed by atoms with Gasteiger partial charge in [-0.3, -0.25) is 4.90 Å². The highest BCUT2D eigenvalue weighted by Crippen LogP contribution is 2.19. The molecule has 7 heteroatoms. The number of rotatable bonds is 5. The van der Waals surface area contributed by atoms with Crippen LogP contribution in [0.3, 0.4) is 0 Å². The lowest BCUT2D eigenvalue weighted by Gasteiger charge is -2.35. The lowest BCUT2D eigenvalue weighted by atomic mass is 10.0. The van der Waals surface area contributed by atoms with Gasteiger partial charge in [0.2, 0.25) is 10.0 Å². The lowest BCUT2D eigenvalue weighted by molar-refractivity contribution is 0.138. The van der Waals surface area contributed by atoms with Crippen molar-refractivity contribution in [1.29, 1.82) is 0 Å². The summed E-state index contributed by atoms with van der Waals surface area (Å²) in [6.07, 6.45) is 4.50. The smallest absolute Gasteiger partial charge is 0.208 e. The van der Waals surface area contributed by atoms with Gasteiger partial charge in [0.15, 0.2) is 0 Å². The van der Waals surface area contributed by atoms with E-state index in [1.54, 1.807) is 0 Å². The second-order valence-electron chi connectivity index (χ2n) is 5.17. The molecule has 1 atom stereocenters. The molecule has 1 aliphatic rings. The van der Waals surface area contributed by atoms with E-state index in [0.29, 0.717) is 13.1 Å². The van der Waals surface area contributed by atoms with Gasteiger partial charge in [-0.05, 0) is 26.3 Å². The van der Waals surface area contributed by atoms with E-state index >= 15 is 0 Å². The Balaban J connectivity index is 1.95. The van der Waals surface area contributed by atoms with Gasteiger partial charge in [0.1, 0.15) is 5.76 Å². The van der Waals surface area contributed by atoms with Crippen molar-refractivity contribution in [1.82, 2.24) is 14.8 Å². The first kappa shape index (κ1) is 14.5. The highest BCUT2D eigenvalue weighted by molar-refractivity contribution is 7.88. The van der Waals surface area contributed by atoms with Crippen LogP contribution in [0, 0.1) is 6.92 Å². The number of hydrogen-bond donors (Lipinski definition) is 1. The van der Waals surface area contributed by atoms with Crippen LogP contribution >= 0.6 is 0 Å².